The molecule has 0 aromatic heterocycles. The van der Waals surface area contributed by atoms with E-state index in [1.165, 1.54) is 11.1 Å². The maximum Gasteiger partial charge on any atom is 0.239 e. The summed E-state index contributed by atoms with van der Waals surface area (Å²) in [7, 11) is 0. The molecular formula is C24H30N2O. The zero-order chi connectivity index (χ0) is 18.5. The first-order valence-corrected chi connectivity index (χ1v) is 10.4. The second-order valence-electron chi connectivity index (χ2n) is 8.07. The summed E-state index contributed by atoms with van der Waals surface area (Å²) in [5, 5.41) is 0. The first kappa shape index (κ1) is 18.2. The standard InChI is InChI=1S/C24H30N2O/c27-24(23-12-7-15-26(23)19-22-10-5-2-6-11-22)25-16-13-21(14-17-25)18-20-8-3-1-4-9-20/h1-6,8-11,21,23H,7,12-19H2. The van der Waals surface area contributed by atoms with Crippen LogP contribution in [0, 0.1) is 5.92 Å². The maximum absolute atomic E-state index is 13.2. The van der Waals surface area contributed by atoms with Gasteiger partial charge >= 0.3 is 0 Å². The summed E-state index contributed by atoms with van der Waals surface area (Å²) < 4.78 is 0. The van der Waals surface area contributed by atoms with Crippen molar-refractivity contribution in [3.05, 3.63) is 71.8 Å². The van der Waals surface area contributed by atoms with Crippen molar-refractivity contribution in [2.75, 3.05) is 19.6 Å². The molecule has 2 aromatic rings. The summed E-state index contributed by atoms with van der Waals surface area (Å²) in [5.74, 6) is 1.07. The molecule has 0 aliphatic carbocycles. The monoisotopic (exact) mass is 362 g/mol. The molecular weight excluding hydrogens is 332 g/mol. The lowest BCUT2D eigenvalue weighted by molar-refractivity contribution is -0.137. The molecule has 3 heteroatoms. The lowest BCUT2D eigenvalue weighted by Crippen LogP contribution is -2.48. The van der Waals surface area contributed by atoms with E-state index in [1.54, 1.807) is 0 Å². The van der Waals surface area contributed by atoms with E-state index < -0.39 is 0 Å². The van der Waals surface area contributed by atoms with Gasteiger partial charge in [-0.25, -0.2) is 0 Å². The summed E-state index contributed by atoms with van der Waals surface area (Å²) in [6, 6.07) is 21.4. The van der Waals surface area contributed by atoms with Crippen LogP contribution in [-0.2, 0) is 17.8 Å². The highest BCUT2D eigenvalue weighted by atomic mass is 16.2. The number of rotatable bonds is 5. The van der Waals surface area contributed by atoms with E-state index >= 15 is 0 Å². The van der Waals surface area contributed by atoms with Gasteiger partial charge in [-0.2, -0.15) is 0 Å². The molecule has 0 saturated carbocycles. The summed E-state index contributed by atoms with van der Waals surface area (Å²) in [6.45, 7) is 3.77. The summed E-state index contributed by atoms with van der Waals surface area (Å²) >= 11 is 0. The van der Waals surface area contributed by atoms with Crippen molar-refractivity contribution < 1.29 is 4.79 Å². The van der Waals surface area contributed by atoms with Gasteiger partial charge in [0, 0.05) is 19.6 Å². The molecule has 2 aliphatic heterocycles. The largest absolute Gasteiger partial charge is 0.341 e. The Morgan fingerprint density at radius 2 is 1.44 bits per heavy atom. The Morgan fingerprint density at radius 1 is 0.815 bits per heavy atom. The van der Waals surface area contributed by atoms with Crippen molar-refractivity contribution in [3.8, 4) is 0 Å². The molecule has 3 nitrogen and oxygen atoms in total. The second-order valence-corrected chi connectivity index (χ2v) is 8.07. The molecule has 2 aliphatic rings. The predicted octanol–water partition coefficient (Wildman–Crippen LogP) is 4.13. The lowest BCUT2D eigenvalue weighted by Gasteiger charge is -2.35. The fourth-order valence-corrected chi connectivity index (χ4v) is 4.63. The number of amides is 1. The van der Waals surface area contributed by atoms with Gasteiger partial charge in [0.1, 0.15) is 0 Å². The average Bonchev–Trinajstić information content (AvgIpc) is 3.18. The molecule has 1 atom stereocenters. The highest BCUT2D eigenvalue weighted by molar-refractivity contribution is 5.82. The molecule has 1 amide bonds. The van der Waals surface area contributed by atoms with Crippen LogP contribution in [0.3, 0.4) is 0 Å². The van der Waals surface area contributed by atoms with Gasteiger partial charge in [0.25, 0.3) is 0 Å². The fraction of sp³-hybridized carbons (Fsp3) is 0.458. The number of hydrogen-bond donors (Lipinski definition) is 0. The third-order valence-electron chi connectivity index (χ3n) is 6.17. The smallest absolute Gasteiger partial charge is 0.239 e. The van der Waals surface area contributed by atoms with Crippen LogP contribution in [0.4, 0.5) is 0 Å². The number of likely N-dealkylation sites (tertiary alicyclic amines) is 2. The maximum atomic E-state index is 13.2. The fourth-order valence-electron chi connectivity index (χ4n) is 4.63. The molecule has 0 bridgehead atoms. The topological polar surface area (TPSA) is 23.6 Å². The van der Waals surface area contributed by atoms with Crippen molar-refractivity contribution in [1.29, 1.82) is 0 Å². The Hall–Kier alpha value is -2.13. The number of benzene rings is 2. The van der Waals surface area contributed by atoms with Crippen LogP contribution < -0.4 is 0 Å². The molecule has 2 heterocycles. The minimum absolute atomic E-state index is 0.0795. The highest BCUT2D eigenvalue weighted by Crippen LogP contribution is 2.26. The molecule has 2 aromatic carbocycles. The van der Waals surface area contributed by atoms with Crippen LogP contribution >= 0.6 is 0 Å². The molecule has 4 rings (SSSR count). The van der Waals surface area contributed by atoms with E-state index in [0.717, 1.165) is 58.3 Å². The molecule has 2 fully saturated rings. The van der Waals surface area contributed by atoms with Crippen LogP contribution in [0.1, 0.15) is 36.8 Å². The first-order valence-electron chi connectivity index (χ1n) is 10.4. The van der Waals surface area contributed by atoms with Crippen molar-refractivity contribution in [1.82, 2.24) is 9.80 Å². The Labute approximate surface area is 163 Å². The normalized spacial score (nSPS) is 21.5. The van der Waals surface area contributed by atoms with E-state index in [4.69, 9.17) is 0 Å². The zero-order valence-electron chi connectivity index (χ0n) is 16.1. The van der Waals surface area contributed by atoms with Gasteiger partial charge in [0.15, 0.2) is 0 Å². The number of piperidine rings is 1. The molecule has 142 valence electrons. The van der Waals surface area contributed by atoms with E-state index in [2.05, 4.69) is 70.5 Å². The minimum Gasteiger partial charge on any atom is -0.341 e. The quantitative estimate of drug-likeness (QED) is 0.798. The molecule has 0 N–H and O–H groups in total. The van der Waals surface area contributed by atoms with Crippen molar-refractivity contribution >= 4 is 5.91 Å². The zero-order valence-corrected chi connectivity index (χ0v) is 16.1. The molecule has 27 heavy (non-hydrogen) atoms. The van der Waals surface area contributed by atoms with Crippen molar-refractivity contribution in [3.63, 3.8) is 0 Å². The van der Waals surface area contributed by atoms with E-state index in [-0.39, 0.29) is 6.04 Å². The predicted molar refractivity (Wildman–Crippen MR) is 109 cm³/mol. The molecule has 0 radical (unpaired) electrons. The molecule has 1 unspecified atom stereocenters. The van der Waals surface area contributed by atoms with Crippen LogP contribution in [0.25, 0.3) is 0 Å². The van der Waals surface area contributed by atoms with Gasteiger partial charge in [-0.1, -0.05) is 60.7 Å². The minimum atomic E-state index is 0.0795. The average molecular weight is 363 g/mol. The van der Waals surface area contributed by atoms with Crippen molar-refractivity contribution in [2.45, 2.75) is 44.7 Å². The third kappa shape index (κ3) is 4.59. The Bertz CT molecular complexity index is 723. The summed E-state index contributed by atoms with van der Waals surface area (Å²) in [4.78, 5) is 17.7. The van der Waals surface area contributed by atoms with Crippen LogP contribution in [0.2, 0.25) is 0 Å². The van der Waals surface area contributed by atoms with Gasteiger partial charge in [-0.05, 0) is 55.7 Å². The molecule has 0 spiro atoms. The Kier molecular flexibility index (Phi) is 5.88. The van der Waals surface area contributed by atoms with Gasteiger partial charge in [0.05, 0.1) is 6.04 Å². The third-order valence-corrected chi connectivity index (χ3v) is 6.17. The van der Waals surface area contributed by atoms with Gasteiger partial charge in [-0.15, -0.1) is 0 Å². The van der Waals surface area contributed by atoms with E-state index in [0.29, 0.717) is 11.8 Å². The van der Waals surface area contributed by atoms with Gasteiger partial charge < -0.3 is 4.90 Å². The van der Waals surface area contributed by atoms with Crippen molar-refractivity contribution in [2.24, 2.45) is 5.92 Å². The lowest BCUT2D eigenvalue weighted by atomic mass is 9.90. The Balaban J connectivity index is 1.30. The van der Waals surface area contributed by atoms with Gasteiger partial charge in [-0.3, -0.25) is 9.69 Å². The number of carbonyl (C=O) groups excluding carboxylic acids is 1. The SMILES string of the molecule is O=C(C1CCCN1Cc1ccccc1)N1CCC(Cc2ccccc2)CC1. The van der Waals surface area contributed by atoms with Gasteiger partial charge in [0.2, 0.25) is 5.91 Å². The van der Waals surface area contributed by atoms with Crippen LogP contribution in [0.15, 0.2) is 60.7 Å². The van der Waals surface area contributed by atoms with Crippen LogP contribution in [0.5, 0.6) is 0 Å². The van der Waals surface area contributed by atoms with E-state index in [9.17, 15) is 4.79 Å². The highest BCUT2D eigenvalue weighted by Gasteiger charge is 2.34. The molecule has 2 saturated heterocycles. The second kappa shape index (κ2) is 8.71. The number of nitrogens with zero attached hydrogens (tertiary/aromatic N) is 2. The number of hydrogen-bond acceptors (Lipinski definition) is 2. The van der Waals surface area contributed by atoms with E-state index in [1.807, 2.05) is 0 Å². The first-order chi connectivity index (χ1) is 13.3. The summed E-state index contributed by atoms with van der Waals surface area (Å²) in [6.07, 6.45) is 5.55. The Morgan fingerprint density at radius 3 is 2.11 bits per heavy atom. The summed E-state index contributed by atoms with van der Waals surface area (Å²) in [5.41, 5.74) is 2.73. The number of carbonyl (C=O) groups is 1. The van der Waals surface area contributed by atoms with Crippen LogP contribution in [-0.4, -0.2) is 41.4 Å².